The largest absolute Gasteiger partial charge is 0.465 e. The number of fused-ring (bicyclic) bond motifs is 2. The predicted octanol–water partition coefficient (Wildman–Crippen LogP) is 3.08. The highest BCUT2D eigenvalue weighted by molar-refractivity contribution is 7.19. The Balaban J connectivity index is 1.47. The maximum absolute atomic E-state index is 12.2. The van der Waals surface area contributed by atoms with Gasteiger partial charge in [0.2, 0.25) is 0 Å². The van der Waals surface area contributed by atoms with Gasteiger partial charge in [0.25, 0.3) is 5.56 Å². The van der Waals surface area contributed by atoms with Gasteiger partial charge in [-0.1, -0.05) is 12.1 Å². The molecule has 9 heteroatoms. The van der Waals surface area contributed by atoms with Gasteiger partial charge in [0.15, 0.2) is 0 Å². The minimum Gasteiger partial charge on any atom is -0.465 e. The van der Waals surface area contributed by atoms with Crippen molar-refractivity contribution in [3.05, 3.63) is 75.3 Å². The van der Waals surface area contributed by atoms with Crippen LogP contribution in [0.2, 0.25) is 0 Å². The first-order valence-electron chi connectivity index (χ1n) is 8.85. The molecule has 0 aliphatic rings. The van der Waals surface area contributed by atoms with Crippen molar-refractivity contribution in [1.29, 1.82) is 0 Å². The van der Waals surface area contributed by atoms with Crippen LogP contribution in [0.25, 0.3) is 27.2 Å². The molecule has 0 fully saturated rings. The Morgan fingerprint density at radius 1 is 1.13 bits per heavy atom. The van der Waals surface area contributed by atoms with Crippen LogP contribution in [0.15, 0.2) is 53.3 Å². The van der Waals surface area contributed by atoms with E-state index < -0.39 is 17.5 Å². The lowest BCUT2D eigenvalue weighted by Crippen LogP contribution is -2.14. The molecule has 2 aromatic heterocycles. The fourth-order valence-electron chi connectivity index (χ4n) is 2.79. The van der Waals surface area contributed by atoms with E-state index in [1.807, 2.05) is 24.3 Å². The second-order valence-electron chi connectivity index (χ2n) is 6.20. The van der Waals surface area contributed by atoms with Gasteiger partial charge >= 0.3 is 11.9 Å². The molecule has 0 saturated carbocycles. The summed E-state index contributed by atoms with van der Waals surface area (Å²) in [4.78, 5) is 47.1. The molecule has 0 atom stereocenters. The number of hydrogen-bond acceptors (Lipinski definition) is 8. The Labute approximate surface area is 173 Å². The van der Waals surface area contributed by atoms with Crippen molar-refractivity contribution in [1.82, 2.24) is 15.0 Å². The summed E-state index contributed by atoms with van der Waals surface area (Å²) in [5.41, 5.74) is 1.04. The predicted molar refractivity (Wildman–Crippen MR) is 112 cm³/mol. The number of carbonyl (C=O) groups excluding carboxylic acids is 2. The van der Waals surface area contributed by atoms with E-state index >= 15 is 0 Å². The van der Waals surface area contributed by atoms with Gasteiger partial charge in [-0.25, -0.2) is 19.6 Å². The van der Waals surface area contributed by atoms with Crippen LogP contribution >= 0.6 is 11.3 Å². The minimum absolute atomic E-state index is 0.163. The van der Waals surface area contributed by atoms with E-state index in [9.17, 15) is 14.4 Å². The molecule has 2 aromatic carbocycles. The summed E-state index contributed by atoms with van der Waals surface area (Å²) >= 11 is 1.46. The number of ether oxygens (including phenoxy) is 2. The van der Waals surface area contributed by atoms with Crippen molar-refractivity contribution in [3.63, 3.8) is 0 Å². The number of rotatable bonds is 5. The zero-order chi connectivity index (χ0) is 21.1. The Morgan fingerprint density at radius 2 is 1.97 bits per heavy atom. The lowest BCUT2D eigenvalue weighted by atomic mass is 10.1. The van der Waals surface area contributed by atoms with E-state index in [1.165, 1.54) is 42.7 Å². The molecule has 4 rings (SSSR count). The molecule has 30 heavy (non-hydrogen) atoms. The maximum atomic E-state index is 12.2. The summed E-state index contributed by atoms with van der Waals surface area (Å²) in [6.07, 6.45) is 2.85. The topological polar surface area (TPSA) is 111 Å². The molecule has 0 amide bonds. The molecule has 0 unspecified atom stereocenters. The van der Waals surface area contributed by atoms with Crippen LogP contribution < -0.4 is 5.56 Å². The molecule has 0 saturated heterocycles. The standard InChI is InChI=1S/C21H15N3O5S/c1-28-21(27)12-6-7-13-15(10-12)22-17(24-20(13)26)11-29-19(25)9-8-18-23-14-4-2-3-5-16(14)30-18/h2-10H,11H2,1H3,(H,22,24,26)/b9-8+. The van der Waals surface area contributed by atoms with Gasteiger partial charge in [-0.2, -0.15) is 0 Å². The lowest BCUT2D eigenvalue weighted by Gasteiger charge is -2.05. The number of hydrogen-bond donors (Lipinski definition) is 1. The molecule has 2 heterocycles. The third-order valence-electron chi connectivity index (χ3n) is 4.20. The van der Waals surface area contributed by atoms with E-state index in [4.69, 9.17) is 4.74 Å². The normalized spacial score (nSPS) is 11.2. The first-order valence-corrected chi connectivity index (χ1v) is 9.67. The quantitative estimate of drug-likeness (QED) is 0.389. The number of nitrogens with zero attached hydrogens (tertiary/aromatic N) is 2. The summed E-state index contributed by atoms with van der Waals surface area (Å²) in [7, 11) is 1.27. The Kier molecular flexibility index (Phi) is 5.36. The molecule has 0 radical (unpaired) electrons. The van der Waals surface area contributed by atoms with Crippen molar-refractivity contribution in [2.45, 2.75) is 6.61 Å². The number of aromatic amines is 1. The number of nitrogens with one attached hydrogen (secondary N) is 1. The lowest BCUT2D eigenvalue weighted by molar-refractivity contribution is -0.139. The summed E-state index contributed by atoms with van der Waals surface area (Å²) in [6.45, 7) is -0.226. The van der Waals surface area contributed by atoms with E-state index in [0.717, 1.165) is 10.2 Å². The smallest absolute Gasteiger partial charge is 0.337 e. The average molecular weight is 421 g/mol. The molecule has 0 bridgehead atoms. The molecule has 0 aliphatic heterocycles. The Bertz CT molecular complexity index is 1320. The molecule has 0 spiro atoms. The van der Waals surface area contributed by atoms with E-state index in [0.29, 0.717) is 15.9 Å². The van der Waals surface area contributed by atoms with E-state index in [2.05, 4.69) is 19.7 Å². The van der Waals surface area contributed by atoms with E-state index in [1.54, 1.807) is 6.08 Å². The first kappa shape index (κ1) is 19.5. The van der Waals surface area contributed by atoms with Crippen molar-refractivity contribution < 1.29 is 19.1 Å². The third-order valence-corrected chi connectivity index (χ3v) is 5.20. The fraction of sp³-hybridized carbons (Fsp3) is 0.0952. The summed E-state index contributed by atoms with van der Waals surface area (Å²) in [6, 6.07) is 12.1. The van der Waals surface area contributed by atoms with Gasteiger partial charge in [0.1, 0.15) is 17.4 Å². The van der Waals surface area contributed by atoms with Crippen LogP contribution in [0.3, 0.4) is 0 Å². The summed E-state index contributed by atoms with van der Waals surface area (Å²) < 4.78 is 10.8. The molecule has 4 aromatic rings. The van der Waals surface area contributed by atoms with E-state index in [-0.39, 0.29) is 18.0 Å². The second-order valence-corrected chi connectivity index (χ2v) is 7.26. The molecule has 0 aliphatic carbocycles. The van der Waals surface area contributed by atoms with Crippen molar-refractivity contribution >= 4 is 50.5 Å². The van der Waals surface area contributed by atoms with Crippen molar-refractivity contribution in [2.75, 3.05) is 7.11 Å². The number of methoxy groups -OCH3 is 1. The number of thiazole rings is 1. The van der Waals surface area contributed by atoms with Crippen LogP contribution in [-0.4, -0.2) is 34.0 Å². The van der Waals surface area contributed by atoms with Crippen LogP contribution in [0.1, 0.15) is 21.2 Å². The van der Waals surface area contributed by atoms with Gasteiger partial charge in [0.05, 0.1) is 33.8 Å². The zero-order valence-corrected chi connectivity index (χ0v) is 16.6. The number of H-pyrrole nitrogens is 1. The number of benzene rings is 2. The van der Waals surface area contributed by atoms with Crippen LogP contribution in [0.4, 0.5) is 0 Å². The second kappa shape index (κ2) is 8.26. The van der Waals surface area contributed by atoms with Crippen LogP contribution in [0, 0.1) is 0 Å². The number of carbonyl (C=O) groups is 2. The highest BCUT2D eigenvalue weighted by Gasteiger charge is 2.11. The Morgan fingerprint density at radius 3 is 2.77 bits per heavy atom. The maximum Gasteiger partial charge on any atom is 0.337 e. The van der Waals surface area contributed by atoms with Crippen molar-refractivity contribution in [3.8, 4) is 0 Å². The average Bonchev–Trinajstić information content (AvgIpc) is 3.18. The van der Waals surface area contributed by atoms with Gasteiger partial charge in [-0.05, 0) is 36.4 Å². The number of para-hydroxylation sites is 1. The summed E-state index contributed by atoms with van der Waals surface area (Å²) in [5.74, 6) is -0.969. The highest BCUT2D eigenvalue weighted by Crippen LogP contribution is 2.22. The number of esters is 2. The van der Waals surface area contributed by atoms with Gasteiger partial charge in [0, 0.05) is 6.08 Å². The third kappa shape index (κ3) is 4.11. The Hall–Kier alpha value is -3.85. The van der Waals surface area contributed by atoms with Crippen LogP contribution in [0.5, 0.6) is 0 Å². The van der Waals surface area contributed by atoms with Gasteiger partial charge < -0.3 is 14.5 Å². The van der Waals surface area contributed by atoms with Gasteiger partial charge in [-0.3, -0.25) is 4.79 Å². The molecule has 8 nitrogen and oxygen atoms in total. The molecular formula is C21H15N3O5S. The summed E-state index contributed by atoms with van der Waals surface area (Å²) in [5, 5.41) is 0.995. The fourth-order valence-corrected chi connectivity index (χ4v) is 3.66. The van der Waals surface area contributed by atoms with Crippen molar-refractivity contribution in [2.24, 2.45) is 0 Å². The number of aromatic nitrogens is 3. The minimum atomic E-state index is -0.597. The molecule has 1 N–H and O–H groups in total. The van der Waals surface area contributed by atoms with Crippen LogP contribution in [-0.2, 0) is 20.9 Å². The monoisotopic (exact) mass is 421 g/mol. The highest BCUT2D eigenvalue weighted by atomic mass is 32.1. The zero-order valence-electron chi connectivity index (χ0n) is 15.7. The first-order chi connectivity index (χ1) is 14.5. The van der Waals surface area contributed by atoms with Gasteiger partial charge in [-0.15, -0.1) is 11.3 Å². The SMILES string of the molecule is COC(=O)c1ccc2c(=O)[nH]c(COC(=O)/C=C/c3nc4ccccc4s3)nc2c1. The molecule has 150 valence electrons. The molecular weight excluding hydrogens is 406 g/mol.